The average molecular weight is 470 g/mol. The van der Waals surface area contributed by atoms with Crippen LogP contribution < -0.4 is 10.2 Å². The van der Waals surface area contributed by atoms with E-state index in [1.165, 1.54) is 11.3 Å². The summed E-state index contributed by atoms with van der Waals surface area (Å²) < 4.78 is 5.48. The highest BCUT2D eigenvalue weighted by Gasteiger charge is 2.19. The van der Waals surface area contributed by atoms with Gasteiger partial charge in [0.1, 0.15) is 0 Å². The number of hydrogen-bond donors (Lipinski definition) is 1. The van der Waals surface area contributed by atoms with Crippen molar-refractivity contribution in [3.63, 3.8) is 0 Å². The van der Waals surface area contributed by atoms with E-state index in [0.717, 1.165) is 51.8 Å². The predicted molar refractivity (Wildman–Crippen MR) is 120 cm³/mol. The van der Waals surface area contributed by atoms with Gasteiger partial charge in [-0.2, -0.15) is 0 Å². The van der Waals surface area contributed by atoms with Gasteiger partial charge in [-0.15, -0.1) is 24.0 Å². The van der Waals surface area contributed by atoms with Crippen LogP contribution in [0.25, 0.3) is 0 Å². The molecule has 0 aromatic heterocycles. The summed E-state index contributed by atoms with van der Waals surface area (Å²) in [6.07, 6.45) is 5.58. The molecular weight excluding hydrogens is 439 g/mol. The number of rotatable bonds is 6. The average Bonchev–Trinajstić information content (AvgIpc) is 3.33. The summed E-state index contributed by atoms with van der Waals surface area (Å²) in [5.41, 5.74) is 2.52. The molecule has 2 heterocycles. The van der Waals surface area contributed by atoms with Gasteiger partial charge in [0.25, 0.3) is 0 Å². The molecule has 5 nitrogen and oxygen atoms in total. The largest absolute Gasteiger partial charge is 0.381 e. The van der Waals surface area contributed by atoms with E-state index in [9.17, 15) is 0 Å². The van der Waals surface area contributed by atoms with E-state index in [-0.39, 0.29) is 24.0 Å². The highest BCUT2D eigenvalue weighted by Crippen LogP contribution is 2.18. The fourth-order valence-corrected chi connectivity index (χ4v) is 3.34. The molecule has 3 rings (SSSR count). The fraction of sp³-hybridized carbons (Fsp3) is 0.550. The lowest BCUT2D eigenvalue weighted by Gasteiger charge is -2.24. The molecule has 0 saturated carbocycles. The van der Waals surface area contributed by atoms with Crippen molar-refractivity contribution >= 4 is 35.6 Å². The van der Waals surface area contributed by atoms with Gasteiger partial charge in [-0.1, -0.05) is 24.3 Å². The fourth-order valence-electron chi connectivity index (χ4n) is 3.34. The highest BCUT2D eigenvalue weighted by atomic mass is 127. The number of nitrogens with one attached hydrogen (secondary N) is 1. The Bertz CT molecular complexity index is 588. The van der Waals surface area contributed by atoms with Crippen LogP contribution in [0.2, 0.25) is 0 Å². The van der Waals surface area contributed by atoms with Crippen molar-refractivity contribution in [1.82, 2.24) is 10.2 Å². The molecule has 0 radical (unpaired) electrons. The Balaban J connectivity index is 0.00000243. The Hall–Kier alpha value is -1.28. The van der Waals surface area contributed by atoms with Gasteiger partial charge < -0.3 is 19.9 Å². The van der Waals surface area contributed by atoms with Gasteiger partial charge >= 0.3 is 0 Å². The first-order valence-corrected chi connectivity index (χ1v) is 9.32. The molecule has 26 heavy (non-hydrogen) atoms. The van der Waals surface area contributed by atoms with Crippen molar-refractivity contribution < 1.29 is 4.74 Å². The van der Waals surface area contributed by atoms with Crippen LogP contribution in [0, 0.1) is 5.92 Å². The van der Waals surface area contributed by atoms with Crippen molar-refractivity contribution in [3.8, 4) is 0 Å². The highest BCUT2D eigenvalue weighted by molar-refractivity contribution is 14.0. The number of benzene rings is 1. The zero-order valence-corrected chi connectivity index (χ0v) is 18.2. The van der Waals surface area contributed by atoms with Crippen molar-refractivity contribution in [3.05, 3.63) is 42.0 Å². The quantitative estimate of drug-likeness (QED) is 0.300. The maximum Gasteiger partial charge on any atom is 0.193 e. The summed E-state index contributed by atoms with van der Waals surface area (Å²) >= 11 is 0. The summed E-state index contributed by atoms with van der Waals surface area (Å²) in [6.45, 7) is 8.47. The van der Waals surface area contributed by atoms with E-state index in [1.54, 1.807) is 0 Å². The van der Waals surface area contributed by atoms with Crippen LogP contribution in [0.3, 0.4) is 0 Å². The van der Waals surface area contributed by atoms with Crippen molar-refractivity contribution in [2.75, 3.05) is 51.3 Å². The van der Waals surface area contributed by atoms with E-state index in [1.807, 2.05) is 0 Å². The zero-order chi connectivity index (χ0) is 17.5. The second-order valence-electron chi connectivity index (χ2n) is 6.82. The van der Waals surface area contributed by atoms with E-state index >= 15 is 0 Å². The minimum absolute atomic E-state index is 0. The molecule has 1 N–H and O–H groups in total. The van der Waals surface area contributed by atoms with Crippen LogP contribution in [0.15, 0.2) is 41.4 Å². The number of anilines is 1. The molecule has 1 saturated heterocycles. The van der Waals surface area contributed by atoms with Crippen molar-refractivity contribution in [2.45, 2.75) is 19.9 Å². The molecule has 1 aromatic carbocycles. The van der Waals surface area contributed by atoms with Crippen LogP contribution in [0.4, 0.5) is 5.69 Å². The molecule has 0 aliphatic carbocycles. The Labute approximate surface area is 174 Å². The van der Waals surface area contributed by atoms with Gasteiger partial charge in [-0.25, -0.2) is 4.99 Å². The van der Waals surface area contributed by atoms with E-state index in [0.29, 0.717) is 12.5 Å². The molecule has 0 amide bonds. The Morgan fingerprint density at radius 2 is 2.00 bits per heavy atom. The van der Waals surface area contributed by atoms with Crippen LogP contribution in [-0.4, -0.2) is 57.3 Å². The second-order valence-corrected chi connectivity index (χ2v) is 6.82. The van der Waals surface area contributed by atoms with Gasteiger partial charge in [0, 0.05) is 51.4 Å². The Morgan fingerprint density at radius 1 is 1.27 bits per heavy atom. The lowest BCUT2D eigenvalue weighted by molar-refractivity contribution is 0.181. The third-order valence-electron chi connectivity index (χ3n) is 4.78. The summed E-state index contributed by atoms with van der Waals surface area (Å²) in [4.78, 5) is 9.40. The van der Waals surface area contributed by atoms with Crippen molar-refractivity contribution in [1.29, 1.82) is 0 Å². The Kier molecular flexibility index (Phi) is 8.71. The second kappa shape index (κ2) is 10.8. The number of guanidine groups is 1. The number of ether oxygens (including phenoxy) is 1. The van der Waals surface area contributed by atoms with Crippen molar-refractivity contribution in [2.24, 2.45) is 10.9 Å². The van der Waals surface area contributed by atoms with Gasteiger partial charge in [-0.3, -0.25) is 0 Å². The lowest BCUT2D eigenvalue weighted by Crippen LogP contribution is -2.41. The number of hydrogen-bond acceptors (Lipinski definition) is 3. The maximum absolute atomic E-state index is 5.48. The molecule has 1 aromatic rings. The molecule has 2 aliphatic heterocycles. The molecular formula is C20H31IN4O. The standard InChI is InChI=1S/C20H30N4O.HI/c1-3-21-20(23(2)15-18-10-13-25-16-18)22-14-17-6-8-19(9-7-17)24-11-4-5-12-24;/h4-9,18H,3,10-16H2,1-2H3,(H,21,22);1H. The number of halogens is 1. The summed E-state index contributed by atoms with van der Waals surface area (Å²) in [5, 5.41) is 3.40. The van der Waals surface area contributed by atoms with Gasteiger partial charge in [0.2, 0.25) is 0 Å². The van der Waals surface area contributed by atoms with E-state index < -0.39 is 0 Å². The first-order chi connectivity index (χ1) is 12.3. The maximum atomic E-state index is 5.48. The molecule has 1 fully saturated rings. The molecule has 2 aliphatic rings. The summed E-state index contributed by atoms with van der Waals surface area (Å²) in [7, 11) is 2.11. The van der Waals surface area contributed by atoms with Crippen LogP contribution in [0.5, 0.6) is 0 Å². The first kappa shape index (κ1) is 21.0. The minimum Gasteiger partial charge on any atom is -0.381 e. The summed E-state index contributed by atoms with van der Waals surface area (Å²) in [5.74, 6) is 1.59. The van der Waals surface area contributed by atoms with Gasteiger partial charge in [-0.05, 0) is 31.0 Å². The molecule has 1 atom stereocenters. The summed E-state index contributed by atoms with van der Waals surface area (Å²) in [6, 6.07) is 8.77. The number of aliphatic imine (C=N–C) groups is 1. The smallest absolute Gasteiger partial charge is 0.193 e. The van der Waals surface area contributed by atoms with Gasteiger partial charge in [0.05, 0.1) is 13.2 Å². The molecule has 0 bridgehead atoms. The van der Waals surface area contributed by atoms with Crippen LogP contribution >= 0.6 is 24.0 Å². The minimum atomic E-state index is 0. The molecule has 144 valence electrons. The third-order valence-corrected chi connectivity index (χ3v) is 4.78. The monoisotopic (exact) mass is 470 g/mol. The molecule has 1 unspecified atom stereocenters. The van der Waals surface area contributed by atoms with E-state index in [2.05, 4.69) is 65.5 Å². The Morgan fingerprint density at radius 3 is 2.62 bits per heavy atom. The van der Waals surface area contributed by atoms with Crippen LogP contribution in [-0.2, 0) is 11.3 Å². The topological polar surface area (TPSA) is 40.1 Å². The number of nitrogens with zero attached hydrogens (tertiary/aromatic N) is 3. The normalized spacial score (nSPS) is 19.5. The third kappa shape index (κ3) is 5.87. The zero-order valence-electron chi connectivity index (χ0n) is 15.9. The lowest BCUT2D eigenvalue weighted by atomic mass is 10.1. The SMILES string of the molecule is CCNC(=NCc1ccc(N2CC=CC2)cc1)N(C)CC1CCOC1.I. The van der Waals surface area contributed by atoms with E-state index in [4.69, 9.17) is 9.73 Å². The molecule has 6 heteroatoms. The molecule has 0 spiro atoms. The predicted octanol–water partition coefficient (Wildman–Crippen LogP) is 3.11. The van der Waals surface area contributed by atoms with Crippen LogP contribution in [0.1, 0.15) is 18.9 Å². The van der Waals surface area contributed by atoms with Gasteiger partial charge in [0.15, 0.2) is 5.96 Å². The first-order valence-electron chi connectivity index (χ1n) is 9.32.